The predicted molar refractivity (Wildman–Crippen MR) is 108 cm³/mol. The molecule has 2 saturated carbocycles. The molecule has 0 aromatic carbocycles. The third-order valence-corrected chi connectivity index (χ3v) is 8.67. The fraction of sp³-hybridized carbons (Fsp3) is 0.917. The molecule has 0 heterocycles. The third-order valence-electron chi connectivity index (χ3n) is 8.67. The van der Waals surface area contributed by atoms with Crippen LogP contribution in [0.2, 0.25) is 0 Å². The summed E-state index contributed by atoms with van der Waals surface area (Å²) in [7, 11) is 0. The summed E-state index contributed by atoms with van der Waals surface area (Å²) in [5.41, 5.74) is 2.35. The molecule has 0 bridgehead atoms. The Kier molecular flexibility index (Phi) is 6.31. The number of hydrogen-bond donors (Lipinski definition) is 0. The average molecular weight is 333 g/mol. The van der Waals surface area contributed by atoms with Crippen LogP contribution in [0.1, 0.15) is 99.8 Å². The van der Waals surface area contributed by atoms with E-state index >= 15 is 0 Å². The minimum atomic E-state index is 0.350. The fourth-order valence-electron chi connectivity index (χ4n) is 6.32. The van der Waals surface area contributed by atoms with Gasteiger partial charge >= 0.3 is 0 Å². The molecule has 0 amide bonds. The van der Waals surface area contributed by atoms with Crippen molar-refractivity contribution >= 4 is 0 Å². The lowest BCUT2D eigenvalue weighted by molar-refractivity contribution is -0.0740. The first-order chi connectivity index (χ1) is 11.1. The Morgan fingerprint density at radius 1 is 1.17 bits per heavy atom. The van der Waals surface area contributed by atoms with E-state index in [4.69, 9.17) is 0 Å². The van der Waals surface area contributed by atoms with Crippen molar-refractivity contribution in [3.05, 3.63) is 12.2 Å². The molecule has 2 aliphatic carbocycles. The Bertz CT molecular complexity index is 435. The van der Waals surface area contributed by atoms with Crippen molar-refractivity contribution in [2.24, 2.45) is 40.4 Å². The van der Waals surface area contributed by atoms with Crippen LogP contribution in [0.25, 0.3) is 0 Å². The Morgan fingerprint density at radius 3 is 2.42 bits per heavy atom. The highest BCUT2D eigenvalue weighted by molar-refractivity contribution is 5.07. The summed E-state index contributed by atoms with van der Waals surface area (Å²) in [6, 6.07) is 0. The zero-order valence-corrected chi connectivity index (χ0v) is 17.8. The molecule has 7 atom stereocenters. The van der Waals surface area contributed by atoms with Gasteiger partial charge in [0.05, 0.1) is 0 Å². The zero-order chi connectivity index (χ0) is 18.1. The summed E-state index contributed by atoms with van der Waals surface area (Å²) >= 11 is 0. The van der Waals surface area contributed by atoms with E-state index in [0.29, 0.717) is 10.8 Å². The van der Waals surface area contributed by atoms with E-state index in [-0.39, 0.29) is 0 Å². The topological polar surface area (TPSA) is 0 Å². The van der Waals surface area contributed by atoms with Gasteiger partial charge < -0.3 is 0 Å². The molecular formula is C24H44. The van der Waals surface area contributed by atoms with Crippen molar-refractivity contribution in [2.45, 2.75) is 99.8 Å². The summed E-state index contributed by atoms with van der Waals surface area (Å²) in [6.07, 6.45) is 11.2. The van der Waals surface area contributed by atoms with E-state index in [2.05, 4.69) is 55.0 Å². The number of rotatable bonds is 6. The second-order valence-electron chi connectivity index (χ2n) is 10.4. The van der Waals surface area contributed by atoms with Gasteiger partial charge in [-0.25, -0.2) is 0 Å². The molecule has 0 heteroatoms. The molecule has 0 radical (unpaired) electrons. The first-order valence-corrected chi connectivity index (χ1v) is 10.8. The maximum absolute atomic E-state index is 4.35. The maximum atomic E-state index is 4.35. The molecule has 0 N–H and O–H groups in total. The quantitative estimate of drug-likeness (QED) is 0.434. The van der Waals surface area contributed by atoms with Gasteiger partial charge in [-0.15, -0.1) is 0 Å². The predicted octanol–water partition coefficient (Wildman–Crippen LogP) is 7.88. The van der Waals surface area contributed by atoms with Gasteiger partial charge in [-0.1, -0.05) is 66.5 Å². The van der Waals surface area contributed by atoms with Gasteiger partial charge in [-0.2, -0.15) is 0 Å². The van der Waals surface area contributed by atoms with E-state index < -0.39 is 0 Å². The Morgan fingerprint density at radius 2 is 1.83 bits per heavy atom. The monoisotopic (exact) mass is 332 g/mol. The third kappa shape index (κ3) is 3.78. The molecule has 0 aromatic heterocycles. The first kappa shape index (κ1) is 20.1. The van der Waals surface area contributed by atoms with E-state index in [1.165, 1.54) is 56.9 Å². The highest BCUT2D eigenvalue weighted by Crippen LogP contribution is 2.59. The van der Waals surface area contributed by atoms with Crippen molar-refractivity contribution in [3.8, 4) is 0 Å². The normalized spacial score (nSPS) is 42.2. The Labute approximate surface area is 152 Å². The number of allylic oxidation sites excluding steroid dienone is 1. The van der Waals surface area contributed by atoms with Crippen molar-refractivity contribution < 1.29 is 0 Å². The number of hydrogen-bond acceptors (Lipinski definition) is 0. The van der Waals surface area contributed by atoms with Crippen LogP contribution < -0.4 is 0 Å². The maximum Gasteiger partial charge on any atom is -0.0122 e. The first-order valence-electron chi connectivity index (χ1n) is 10.8. The van der Waals surface area contributed by atoms with Gasteiger partial charge in [0.1, 0.15) is 0 Å². The van der Waals surface area contributed by atoms with E-state index in [1.54, 1.807) is 0 Å². The van der Waals surface area contributed by atoms with Gasteiger partial charge in [0, 0.05) is 0 Å². The smallest absolute Gasteiger partial charge is 0.0122 e. The Hall–Kier alpha value is -0.260. The van der Waals surface area contributed by atoms with Gasteiger partial charge in [0.25, 0.3) is 0 Å². The van der Waals surface area contributed by atoms with Crippen molar-refractivity contribution in [2.75, 3.05) is 0 Å². The van der Waals surface area contributed by atoms with Crippen LogP contribution in [0, 0.1) is 40.4 Å². The van der Waals surface area contributed by atoms with Gasteiger partial charge in [-0.3, -0.25) is 0 Å². The van der Waals surface area contributed by atoms with E-state index in [9.17, 15) is 0 Å². The second kappa shape index (κ2) is 7.55. The fourth-order valence-corrected chi connectivity index (χ4v) is 6.32. The Balaban J connectivity index is 2.17. The highest BCUT2D eigenvalue weighted by atomic mass is 14.6. The summed E-state index contributed by atoms with van der Waals surface area (Å²) in [4.78, 5) is 0. The summed E-state index contributed by atoms with van der Waals surface area (Å²) in [6.45, 7) is 21.6. The van der Waals surface area contributed by atoms with Crippen molar-refractivity contribution in [3.63, 3.8) is 0 Å². The van der Waals surface area contributed by atoms with E-state index in [1.807, 2.05) is 0 Å². The number of fused-ring (bicyclic) bond motifs is 1. The lowest BCUT2D eigenvalue weighted by atomic mass is 9.48. The highest BCUT2D eigenvalue weighted by Gasteiger charge is 2.51. The molecule has 2 rings (SSSR count). The molecule has 0 aliphatic heterocycles. The lowest BCUT2D eigenvalue weighted by Crippen LogP contribution is -2.49. The van der Waals surface area contributed by atoms with Crippen LogP contribution >= 0.6 is 0 Å². The van der Waals surface area contributed by atoms with Gasteiger partial charge in [0.15, 0.2) is 0 Å². The minimum absolute atomic E-state index is 0.350. The van der Waals surface area contributed by atoms with Crippen LogP contribution in [-0.4, -0.2) is 0 Å². The molecule has 140 valence electrons. The van der Waals surface area contributed by atoms with Crippen LogP contribution in [-0.2, 0) is 0 Å². The minimum Gasteiger partial charge on any atom is -0.0996 e. The SMILES string of the molecule is C=C(C)C(C)(CCC)CCC1C(C)C(C)CC2CC(C)CCC21C. The standard InChI is InChI=1S/C24H44/c1-9-12-23(7,17(2)3)13-11-22-20(6)19(5)16-21-15-18(4)10-14-24(21,22)8/h18-22H,2,9-16H2,1,3-8H3. The van der Waals surface area contributed by atoms with Crippen LogP contribution in [0.15, 0.2) is 12.2 Å². The summed E-state index contributed by atoms with van der Waals surface area (Å²) in [5, 5.41) is 0. The van der Waals surface area contributed by atoms with Crippen LogP contribution in [0.4, 0.5) is 0 Å². The molecule has 24 heavy (non-hydrogen) atoms. The molecule has 0 aromatic rings. The van der Waals surface area contributed by atoms with Gasteiger partial charge in [0.2, 0.25) is 0 Å². The molecule has 2 fully saturated rings. The van der Waals surface area contributed by atoms with Crippen molar-refractivity contribution in [1.29, 1.82) is 0 Å². The zero-order valence-electron chi connectivity index (χ0n) is 17.8. The van der Waals surface area contributed by atoms with E-state index in [0.717, 1.165) is 29.6 Å². The summed E-state index contributed by atoms with van der Waals surface area (Å²) in [5.74, 6) is 4.62. The van der Waals surface area contributed by atoms with Crippen LogP contribution in [0.5, 0.6) is 0 Å². The largest absolute Gasteiger partial charge is 0.0996 e. The molecule has 2 aliphatic rings. The lowest BCUT2D eigenvalue weighted by Gasteiger charge is -2.57. The average Bonchev–Trinajstić information content (AvgIpc) is 2.50. The van der Waals surface area contributed by atoms with Gasteiger partial charge in [-0.05, 0) is 85.9 Å². The van der Waals surface area contributed by atoms with Crippen LogP contribution in [0.3, 0.4) is 0 Å². The molecular weight excluding hydrogens is 288 g/mol. The molecule has 0 nitrogen and oxygen atoms in total. The second-order valence-corrected chi connectivity index (χ2v) is 10.4. The summed E-state index contributed by atoms with van der Waals surface area (Å²) < 4.78 is 0. The van der Waals surface area contributed by atoms with Crippen molar-refractivity contribution in [1.82, 2.24) is 0 Å². The molecule has 7 unspecified atom stereocenters. The molecule has 0 spiro atoms. The molecule has 0 saturated heterocycles.